The summed E-state index contributed by atoms with van der Waals surface area (Å²) >= 11 is 0. The van der Waals surface area contributed by atoms with Gasteiger partial charge in [-0.2, -0.15) is 0 Å². The van der Waals surface area contributed by atoms with E-state index in [0.29, 0.717) is 25.0 Å². The molecule has 246 valence electrons. The molecule has 0 radical (unpaired) electrons. The summed E-state index contributed by atoms with van der Waals surface area (Å²) in [5.74, 6) is 0.205. The molecule has 0 aromatic carbocycles. The van der Waals surface area contributed by atoms with Crippen LogP contribution in [0.3, 0.4) is 0 Å². The summed E-state index contributed by atoms with van der Waals surface area (Å²) in [6.07, 6.45) is 30.1. The molecule has 0 amide bonds. The van der Waals surface area contributed by atoms with Crippen molar-refractivity contribution in [2.75, 3.05) is 13.2 Å². The van der Waals surface area contributed by atoms with Crippen LogP contribution in [0.25, 0.3) is 0 Å². The van der Waals surface area contributed by atoms with E-state index in [4.69, 9.17) is 14.2 Å². The Kier molecular flexibility index (Phi) is 25.0. The molecule has 6 nitrogen and oxygen atoms in total. The van der Waals surface area contributed by atoms with Crippen molar-refractivity contribution in [3.8, 4) is 0 Å². The Hall–Kier alpha value is -1.40. The van der Waals surface area contributed by atoms with Gasteiger partial charge in [0.1, 0.15) is 6.61 Å². The molecule has 6 heteroatoms. The van der Waals surface area contributed by atoms with Crippen LogP contribution < -0.4 is 0 Å². The van der Waals surface area contributed by atoms with Gasteiger partial charge in [0.15, 0.2) is 6.10 Å². The fourth-order valence-corrected chi connectivity index (χ4v) is 5.33. The number of unbranched alkanes of at least 4 members (excludes halogenated alkanes) is 15. The second-order valence-corrected chi connectivity index (χ2v) is 12.8. The van der Waals surface area contributed by atoms with Crippen molar-refractivity contribution in [3.05, 3.63) is 12.2 Å². The lowest BCUT2D eigenvalue weighted by Gasteiger charge is -2.15. The lowest BCUT2D eigenvalue weighted by molar-refractivity contribution is -0.161. The molecule has 1 aliphatic heterocycles. The number of epoxide rings is 1. The van der Waals surface area contributed by atoms with Crippen LogP contribution in [0.5, 0.6) is 0 Å². The van der Waals surface area contributed by atoms with E-state index in [1.54, 1.807) is 0 Å². The van der Waals surface area contributed by atoms with Crippen LogP contribution in [-0.4, -0.2) is 48.6 Å². The Labute approximate surface area is 258 Å². The molecule has 0 aromatic heterocycles. The first-order valence-corrected chi connectivity index (χ1v) is 17.7. The summed E-state index contributed by atoms with van der Waals surface area (Å²) < 4.78 is 16.3. The highest BCUT2D eigenvalue weighted by molar-refractivity contribution is 5.70. The van der Waals surface area contributed by atoms with E-state index in [-0.39, 0.29) is 25.2 Å². The number of allylic oxidation sites excluding steroid dienone is 1. The quantitative estimate of drug-likeness (QED) is 0.0386. The number of hydrogen-bond donors (Lipinski definition) is 1. The average Bonchev–Trinajstić information content (AvgIpc) is 3.72. The minimum Gasteiger partial charge on any atom is -0.462 e. The van der Waals surface area contributed by atoms with Gasteiger partial charge in [0.25, 0.3) is 0 Å². The molecule has 0 aliphatic carbocycles. The summed E-state index contributed by atoms with van der Waals surface area (Å²) in [7, 11) is 0. The zero-order valence-electron chi connectivity index (χ0n) is 27.6. The molecule has 0 saturated carbocycles. The van der Waals surface area contributed by atoms with Gasteiger partial charge in [-0.05, 0) is 44.4 Å². The van der Waals surface area contributed by atoms with Crippen LogP contribution in [0.4, 0.5) is 0 Å². The summed E-state index contributed by atoms with van der Waals surface area (Å²) in [6, 6.07) is 0. The highest BCUT2D eigenvalue weighted by Gasteiger charge is 2.36. The molecular weight excluding hydrogens is 528 g/mol. The van der Waals surface area contributed by atoms with Crippen LogP contribution in [0.1, 0.15) is 168 Å². The van der Waals surface area contributed by atoms with E-state index in [1.807, 2.05) is 0 Å². The molecule has 1 N–H and O–H groups in total. The van der Waals surface area contributed by atoms with Gasteiger partial charge in [0.05, 0.1) is 18.8 Å². The van der Waals surface area contributed by atoms with Gasteiger partial charge in [-0.1, -0.05) is 129 Å². The van der Waals surface area contributed by atoms with Crippen LogP contribution in [0.15, 0.2) is 12.2 Å². The molecule has 1 saturated heterocycles. The van der Waals surface area contributed by atoms with E-state index < -0.39 is 6.10 Å². The highest BCUT2D eigenvalue weighted by atomic mass is 16.6. The second kappa shape index (κ2) is 27.2. The SMILES string of the molecule is CCCCCC1OC1C/C=C\CCCCCCCC(=O)O[C@@H](CO)COC(=O)CCCCCCCCCCCC(C)C. The topological polar surface area (TPSA) is 85.4 Å². The van der Waals surface area contributed by atoms with E-state index in [1.165, 1.54) is 77.0 Å². The number of aliphatic hydroxyl groups excluding tert-OH is 1. The molecular formula is C36H66O6. The molecule has 42 heavy (non-hydrogen) atoms. The highest BCUT2D eigenvalue weighted by Crippen LogP contribution is 2.30. The van der Waals surface area contributed by atoms with Gasteiger partial charge in [-0.3, -0.25) is 9.59 Å². The Bertz CT molecular complexity index is 676. The Morgan fingerprint density at radius 1 is 0.738 bits per heavy atom. The molecule has 2 unspecified atom stereocenters. The number of aliphatic hydroxyl groups is 1. The smallest absolute Gasteiger partial charge is 0.306 e. The number of ether oxygens (including phenoxy) is 3. The normalized spacial score (nSPS) is 17.2. The fraction of sp³-hybridized carbons (Fsp3) is 0.889. The zero-order chi connectivity index (χ0) is 30.7. The third-order valence-corrected chi connectivity index (χ3v) is 8.16. The fourth-order valence-electron chi connectivity index (χ4n) is 5.33. The first-order chi connectivity index (χ1) is 20.5. The predicted molar refractivity (Wildman–Crippen MR) is 172 cm³/mol. The number of esters is 2. The molecule has 3 atom stereocenters. The molecule has 1 fully saturated rings. The molecule has 0 spiro atoms. The minimum absolute atomic E-state index is 0.0716. The van der Waals surface area contributed by atoms with Crippen LogP contribution in [-0.2, 0) is 23.8 Å². The second-order valence-electron chi connectivity index (χ2n) is 12.8. The first-order valence-electron chi connectivity index (χ1n) is 17.7. The van der Waals surface area contributed by atoms with E-state index >= 15 is 0 Å². The van der Waals surface area contributed by atoms with Gasteiger partial charge >= 0.3 is 11.9 Å². The number of carbonyl (C=O) groups is 2. The van der Waals surface area contributed by atoms with Crippen molar-refractivity contribution in [3.63, 3.8) is 0 Å². The average molecular weight is 595 g/mol. The monoisotopic (exact) mass is 594 g/mol. The minimum atomic E-state index is -0.776. The molecule has 1 rings (SSSR count). The van der Waals surface area contributed by atoms with Gasteiger partial charge in [-0.25, -0.2) is 0 Å². The number of rotatable bonds is 30. The van der Waals surface area contributed by atoms with Crippen LogP contribution in [0.2, 0.25) is 0 Å². The Morgan fingerprint density at radius 3 is 1.95 bits per heavy atom. The third-order valence-electron chi connectivity index (χ3n) is 8.16. The molecule has 1 heterocycles. The molecule has 1 aliphatic rings. The molecule has 0 bridgehead atoms. The zero-order valence-corrected chi connectivity index (χ0v) is 27.6. The van der Waals surface area contributed by atoms with E-state index in [9.17, 15) is 14.7 Å². The lowest BCUT2D eigenvalue weighted by atomic mass is 10.0. The molecule has 0 aromatic rings. The van der Waals surface area contributed by atoms with Crippen LogP contribution in [0, 0.1) is 5.92 Å². The Balaban J connectivity index is 1.90. The van der Waals surface area contributed by atoms with E-state index in [0.717, 1.165) is 63.7 Å². The summed E-state index contributed by atoms with van der Waals surface area (Å²) in [6.45, 7) is 6.40. The number of carbonyl (C=O) groups excluding carboxylic acids is 2. The lowest BCUT2D eigenvalue weighted by Crippen LogP contribution is -2.28. The van der Waals surface area contributed by atoms with Crippen LogP contribution >= 0.6 is 0 Å². The van der Waals surface area contributed by atoms with Crippen molar-refractivity contribution in [1.29, 1.82) is 0 Å². The van der Waals surface area contributed by atoms with Gasteiger partial charge in [0, 0.05) is 12.8 Å². The standard InChI is InChI=1S/C36H66O6/c1-4-5-19-25-33-34(42-33)26-21-16-12-9-10-14-18-23-28-36(39)41-32(29-37)30-40-35(38)27-22-17-13-8-6-7-11-15-20-24-31(2)3/h16,21,31-34,37H,4-15,17-20,22-30H2,1-3H3/b21-16-/t32-,33?,34?/m0/s1. The predicted octanol–water partition coefficient (Wildman–Crippen LogP) is 9.41. The van der Waals surface area contributed by atoms with E-state index in [2.05, 4.69) is 32.9 Å². The first kappa shape index (κ1) is 38.6. The maximum absolute atomic E-state index is 12.1. The number of hydrogen-bond acceptors (Lipinski definition) is 6. The third kappa shape index (κ3) is 24.1. The van der Waals surface area contributed by atoms with Crippen molar-refractivity contribution in [2.24, 2.45) is 5.92 Å². The summed E-state index contributed by atoms with van der Waals surface area (Å²) in [5, 5.41) is 9.52. The maximum Gasteiger partial charge on any atom is 0.306 e. The van der Waals surface area contributed by atoms with Crippen molar-refractivity contribution >= 4 is 11.9 Å². The van der Waals surface area contributed by atoms with Crippen molar-refractivity contribution < 1.29 is 28.9 Å². The maximum atomic E-state index is 12.1. The van der Waals surface area contributed by atoms with Crippen molar-refractivity contribution in [2.45, 2.75) is 187 Å². The largest absolute Gasteiger partial charge is 0.462 e. The van der Waals surface area contributed by atoms with Gasteiger partial charge < -0.3 is 19.3 Å². The van der Waals surface area contributed by atoms with Crippen molar-refractivity contribution in [1.82, 2.24) is 0 Å². The summed E-state index contributed by atoms with van der Waals surface area (Å²) in [5.41, 5.74) is 0. The Morgan fingerprint density at radius 2 is 1.33 bits per heavy atom. The van der Waals surface area contributed by atoms with Gasteiger partial charge in [0.2, 0.25) is 0 Å². The van der Waals surface area contributed by atoms with Gasteiger partial charge in [-0.15, -0.1) is 0 Å². The summed E-state index contributed by atoms with van der Waals surface area (Å²) in [4.78, 5) is 24.1.